The topological polar surface area (TPSA) is 83.9 Å². The van der Waals surface area contributed by atoms with E-state index in [9.17, 15) is 9.59 Å². The molecular formula is C27H34N4O5. The van der Waals surface area contributed by atoms with Crippen LogP contribution in [0.4, 0.5) is 0 Å². The number of nitrogens with zero attached hydrogens (tertiary/aromatic N) is 4. The van der Waals surface area contributed by atoms with Crippen molar-refractivity contribution >= 4 is 17.5 Å². The molecule has 36 heavy (non-hydrogen) atoms. The van der Waals surface area contributed by atoms with Gasteiger partial charge in [-0.15, -0.1) is 0 Å². The van der Waals surface area contributed by atoms with Crippen molar-refractivity contribution in [2.75, 3.05) is 60.2 Å². The molecule has 9 nitrogen and oxygen atoms in total. The summed E-state index contributed by atoms with van der Waals surface area (Å²) in [5, 5.41) is 6.28. The van der Waals surface area contributed by atoms with Crippen LogP contribution in [0.3, 0.4) is 0 Å². The number of morpholine rings is 1. The number of carbonyl (C=O) groups is 2. The zero-order valence-electron chi connectivity index (χ0n) is 21.2. The first kappa shape index (κ1) is 25.7. The maximum absolute atomic E-state index is 13.6. The van der Waals surface area contributed by atoms with Gasteiger partial charge in [-0.2, -0.15) is 5.10 Å². The molecule has 1 atom stereocenters. The summed E-state index contributed by atoms with van der Waals surface area (Å²) in [5.74, 6) is 0.959. The third-order valence-corrected chi connectivity index (χ3v) is 6.63. The quantitative estimate of drug-likeness (QED) is 0.533. The second-order valence-corrected chi connectivity index (χ2v) is 8.88. The Balaban J connectivity index is 1.56. The highest BCUT2D eigenvalue weighted by molar-refractivity contribution is 6.05. The van der Waals surface area contributed by atoms with Crippen molar-refractivity contribution in [2.45, 2.75) is 19.4 Å². The van der Waals surface area contributed by atoms with Gasteiger partial charge >= 0.3 is 0 Å². The van der Waals surface area contributed by atoms with Gasteiger partial charge in [-0.1, -0.05) is 30.3 Å². The van der Waals surface area contributed by atoms with Crippen molar-refractivity contribution in [3.05, 3.63) is 59.7 Å². The molecule has 0 bridgehead atoms. The van der Waals surface area contributed by atoms with Gasteiger partial charge in [0.15, 0.2) is 0 Å². The Kier molecular flexibility index (Phi) is 8.56. The fraction of sp³-hybridized carbons (Fsp3) is 0.444. The monoisotopic (exact) mass is 494 g/mol. The number of benzene rings is 2. The van der Waals surface area contributed by atoms with Gasteiger partial charge < -0.3 is 19.1 Å². The lowest BCUT2D eigenvalue weighted by molar-refractivity contribution is -0.140. The van der Waals surface area contributed by atoms with Crippen molar-refractivity contribution < 1.29 is 23.8 Å². The molecule has 9 heteroatoms. The van der Waals surface area contributed by atoms with Gasteiger partial charge in [-0.3, -0.25) is 14.5 Å². The van der Waals surface area contributed by atoms with Crippen LogP contribution in [0, 0.1) is 0 Å². The number of rotatable bonds is 9. The van der Waals surface area contributed by atoms with Crippen molar-refractivity contribution in [3.63, 3.8) is 0 Å². The van der Waals surface area contributed by atoms with Crippen LogP contribution in [-0.4, -0.2) is 92.5 Å². The van der Waals surface area contributed by atoms with Crippen LogP contribution in [0.15, 0.2) is 53.6 Å². The Labute approximate surface area is 212 Å². The van der Waals surface area contributed by atoms with E-state index in [-0.39, 0.29) is 24.4 Å². The Morgan fingerprint density at radius 2 is 1.83 bits per heavy atom. The molecule has 1 fully saturated rings. The number of ether oxygens (including phenoxy) is 3. The standard InChI is InChI=1S/C27H34N4O5/c1-20(32)30(12-11-29-13-15-36-16-14-29)19-27(33)31-25(21-7-5-4-6-8-21)18-24(28-31)23-10-9-22(34-2)17-26(23)35-3/h4-10,17,25H,11-16,18-19H2,1-3H3. The van der Waals surface area contributed by atoms with Gasteiger partial charge in [0.05, 0.1) is 39.2 Å². The number of hydrogen-bond donors (Lipinski definition) is 0. The van der Waals surface area contributed by atoms with E-state index in [1.807, 2.05) is 48.5 Å². The normalized spacial score (nSPS) is 18.0. The zero-order chi connectivity index (χ0) is 25.5. The van der Waals surface area contributed by atoms with Gasteiger partial charge in [0.2, 0.25) is 5.91 Å². The predicted octanol–water partition coefficient (Wildman–Crippen LogP) is 2.56. The van der Waals surface area contributed by atoms with E-state index in [4.69, 9.17) is 19.3 Å². The molecule has 2 amide bonds. The van der Waals surface area contributed by atoms with Gasteiger partial charge in [0, 0.05) is 51.2 Å². The summed E-state index contributed by atoms with van der Waals surface area (Å²) in [6.07, 6.45) is 0.534. The molecule has 0 radical (unpaired) electrons. The molecule has 0 aliphatic carbocycles. The smallest absolute Gasteiger partial charge is 0.262 e. The maximum Gasteiger partial charge on any atom is 0.262 e. The van der Waals surface area contributed by atoms with E-state index >= 15 is 0 Å². The molecular weight excluding hydrogens is 460 g/mol. The molecule has 2 aromatic carbocycles. The molecule has 0 spiro atoms. The number of hydrazone groups is 1. The highest BCUT2D eigenvalue weighted by Crippen LogP contribution is 2.36. The third-order valence-electron chi connectivity index (χ3n) is 6.63. The van der Waals surface area contributed by atoms with Crippen LogP contribution < -0.4 is 9.47 Å². The fourth-order valence-corrected chi connectivity index (χ4v) is 4.55. The van der Waals surface area contributed by atoms with Gasteiger partial charge in [0.1, 0.15) is 18.0 Å². The molecule has 2 aliphatic rings. The summed E-state index contributed by atoms with van der Waals surface area (Å²) in [6.45, 7) is 5.71. The lowest BCUT2D eigenvalue weighted by Crippen LogP contribution is -2.45. The molecule has 2 aromatic rings. The van der Waals surface area contributed by atoms with Crippen molar-refractivity contribution in [1.29, 1.82) is 0 Å². The SMILES string of the molecule is COc1ccc(C2=NN(C(=O)CN(CCN3CCOCC3)C(C)=O)C(c3ccccc3)C2)c(OC)c1. The molecule has 0 N–H and O–H groups in total. The van der Waals surface area contributed by atoms with Crippen molar-refractivity contribution in [1.82, 2.24) is 14.8 Å². The minimum Gasteiger partial charge on any atom is -0.497 e. The van der Waals surface area contributed by atoms with E-state index in [1.165, 1.54) is 11.9 Å². The minimum atomic E-state index is -0.270. The summed E-state index contributed by atoms with van der Waals surface area (Å²) in [6, 6.07) is 15.1. The van der Waals surface area contributed by atoms with Gasteiger partial charge in [0.25, 0.3) is 5.91 Å². The van der Waals surface area contributed by atoms with E-state index in [1.54, 1.807) is 19.1 Å². The fourth-order valence-electron chi connectivity index (χ4n) is 4.55. The molecule has 1 unspecified atom stereocenters. The summed E-state index contributed by atoms with van der Waals surface area (Å²) in [5.41, 5.74) is 2.55. The first-order chi connectivity index (χ1) is 17.5. The van der Waals surface area contributed by atoms with Gasteiger partial charge in [-0.05, 0) is 17.7 Å². The maximum atomic E-state index is 13.6. The van der Waals surface area contributed by atoms with Crippen molar-refractivity contribution in [3.8, 4) is 11.5 Å². The average molecular weight is 495 g/mol. The van der Waals surface area contributed by atoms with Crippen LogP contribution in [0.25, 0.3) is 0 Å². The van der Waals surface area contributed by atoms with Crippen LogP contribution in [0.2, 0.25) is 0 Å². The summed E-state index contributed by atoms with van der Waals surface area (Å²) >= 11 is 0. The zero-order valence-corrected chi connectivity index (χ0v) is 21.2. The Hall–Kier alpha value is -3.43. The first-order valence-electron chi connectivity index (χ1n) is 12.2. The second kappa shape index (κ2) is 12.0. The number of methoxy groups -OCH3 is 2. The van der Waals surface area contributed by atoms with Crippen LogP contribution >= 0.6 is 0 Å². The Bertz CT molecular complexity index is 1080. The number of hydrogen-bond acceptors (Lipinski definition) is 7. The average Bonchev–Trinajstić information content (AvgIpc) is 3.37. The summed E-state index contributed by atoms with van der Waals surface area (Å²) in [4.78, 5) is 29.8. The molecule has 4 rings (SSSR count). The minimum absolute atomic E-state index is 0.0282. The number of amides is 2. The molecule has 2 heterocycles. The lowest BCUT2D eigenvalue weighted by atomic mass is 9.98. The highest BCUT2D eigenvalue weighted by Gasteiger charge is 2.35. The highest BCUT2D eigenvalue weighted by atomic mass is 16.5. The van der Waals surface area contributed by atoms with Crippen molar-refractivity contribution in [2.24, 2.45) is 5.10 Å². The first-order valence-corrected chi connectivity index (χ1v) is 12.2. The Morgan fingerprint density at radius 3 is 2.50 bits per heavy atom. The van der Waals surface area contributed by atoms with Crippen LogP contribution in [0.5, 0.6) is 11.5 Å². The molecule has 192 valence electrons. The van der Waals surface area contributed by atoms with Gasteiger partial charge in [-0.25, -0.2) is 5.01 Å². The third kappa shape index (κ3) is 6.03. The van der Waals surface area contributed by atoms with E-state index in [0.717, 1.165) is 29.9 Å². The molecule has 2 aliphatic heterocycles. The Morgan fingerprint density at radius 1 is 1.08 bits per heavy atom. The summed E-state index contributed by atoms with van der Waals surface area (Å²) < 4.78 is 16.3. The second-order valence-electron chi connectivity index (χ2n) is 8.88. The van der Waals surface area contributed by atoms with E-state index in [0.29, 0.717) is 44.2 Å². The van der Waals surface area contributed by atoms with Crippen LogP contribution in [0.1, 0.15) is 30.5 Å². The predicted molar refractivity (Wildman–Crippen MR) is 136 cm³/mol. The van der Waals surface area contributed by atoms with Crippen LogP contribution in [-0.2, 0) is 14.3 Å². The summed E-state index contributed by atoms with van der Waals surface area (Å²) in [7, 11) is 3.21. The lowest BCUT2D eigenvalue weighted by Gasteiger charge is -2.30. The van der Waals surface area contributed by atoms with E-state index in [2.05, 4.69) is 4.90 Å². The molecule has 1 saturated heterocycles. The van der Waals surface area contributed by atoms with E-state index < -0.39 is 0 Å². The number of carbonyl (C=O) groups excluding carboxylic acids is 2. The largest absolute Gasteiger partial charge is 0.497 e. The molecule has 0 aromatic heterocycles. The molecule has 0 saturated carbocycles.